The number of benzene rings is 1. The summed E-state index contributed by atoms with van der Waals surface area (Å²) >= 11 is 0. The van der Waals surface area contributed by atoms with E-state index in [0.717, 1.165) is 0 Å². The van der Waals surface area contributed by atoms with Crippen LogP contribution in [0.2, 0.25) is 0 Å². The van der Waals surface area contributed by atoms with E-state index in [2.05, 4.69) is 0 Å². The van der Waals surface area contributed by atoms with Gasteiger partial charge in [-0.25, -0.2) is 0 Å². The number of halogens is 3. The molecule has 0 heterocycles. The Morgan fingerprint density at radius 2 is 1.67 bits per heavy atom. The predicted octanol–water partition coefficient (Wildman–Crippen LogP) is 2.64. The largest absolute Gasteiger partial charge is 0.415 e. The number of alkyl halides is 3. The second kappa shape index (κ2) is 3.23. The minimum Gasteiger partial charge on any atom is -0.383 e. The van der Waals surface area contributed by atoms with Crippen molar-refractivity contribution < 1.29 is 18.3 Å². The lowest BCUT2D eigenvalue weighted by Gasteiger charge is -2.24. The van der Waals surface area contributed by atoms with Gasteiger partial charge >= 0.3 is 6.18 Å². The Kier molecular flexibility index (Phi) is 2.26. The third-order valence-corrected chi connectivity index (χ3v) is 2.97. The van der Waals surface area contributed by atoms with E-state index in [4.69, 9.17) is 0 Å². The highest BCUT2D eigenvalue weighted by atomic mass is 19.4. The van der Waals surface area contributed by atoms with Crippen molar-refractivity contribution in [3.63, 3.8) is 0 Å². The molecule has 1 nitrogen and oxygen atoms in total. The Hall–Kier alpha value is -1.03. The molecule has 0 spiro atoms. The monoisotopic (exact) mass is 216 g/mol. The van der Waals surface area contributed by atoms with Crippen molar-refractivity contribution in [2.24, 2.45) is 0 Å². The molecule has 1 N–H and O–H groups in total. The molecule has 0 saturated heterocycles. The topological polar surface area (TPSA) is 20.2 Å². The van der Waals surface area contributed by atoms with Crippen LogP contribution >= 0.6 is 0 Å². The molecule has 1 aromatic rings. The molecule has 0 amide bonds. The van der Waals surface area contributed by atoms with Gasteiger partial charge in [0, 0.05) is 5.41 Å². The summed E-state index contributed by atoms with van der Waals surface area (Å²) < 4.78 is 37.3. The third-order valence-electron chi connectivity index (χ3n) is 2.97. The Bertz CT molecular complexity index is 341. The first-order chi connectivity index (χ1) is 6.97. The Morgan fingerprint density at radius 3 is 2.07 bits per heavy atom. The minimum absolute atomic E-state index is 0.400. The maximum atomic E-state index is 12.4. The fourth-order valence-corrected chi connectivity index (χ4v) is 1.94. The Labute approximate surface area is 85.5 Å². The fraction of sp³-hybridized carbons (Fsp3) is 0.455. The van der Waals surface area contributed by atoms with Gasteiger partial charge in [0.1, 0.15) is 0 Å². The third kappa shape index (κ3) is 1.74. The zero-order valence-electron chi connectivity index (χ0n) is 7.96. The van der Waals surface area contributed by atoms with E-state index in [0.29, 0.717) is 18.4 Å². The number of hydrogen-bond acceptors (Lipinski definition) is 1. The van der Waals surface area contributed by atoms with Crippen molar-refractivity contribution in [1.82, 2.24) is 0 Å². The first-order valence-corrected chi connectivity index (χ1v) is 4.77. The lowest BCUT2D eigenvalue weighted by Crippen LogP contribution is -2.39. The molecule has 1 aromatic carbocycles. The van der Waals surface area contributed by atoms with E-state index in [1.54, 1.807) is 30.3 Å². The van der Waals surface area contributed by atoms with E-state index in [-0.39, 0.29) is 0 Å². The molecule has 1 saturated carbocycles. The van der Waals surface area contributed by atoms with Crippen LogP contribution in [-0.2, 0) is 5.41 Å². The number of aliphatic hydroxyl groups excluding tert-OH is 1. The van der Waals surface area contributed by atoms with Gasteiger partial charge in [-0.1, -0.05) is 30.3 Å². The molecule has 0 radical (unpaired) electrons. The molecule has 82 valence electrons. The van der Waals surface area contributed by atoms with Crippen LogP contribution in [0.25, 0.3) is 0 Å². The van der Waals surface area contributed by atoms with Crippen LogP contribution in [0.4, 0.5) is 13.2 Å². The zero-order valence-corrected chi connectivity index (χ0v) is 7.96. The second-order valence-electron chi connectivity index (χ2n) is 3.97. The molecule has 2 rings (SSSR count). The molecule has 4 heteroatoms. The van der Waals surface area contributed by atoms with Crippen molar-refractivity contribution in [1.29, 1.82) is 0 Å². The molecule has 1 aliphatic rings. The SMILES string of the molecule is O[C@@H](C(F)(F)F)C1(c2ccccc2)CC1. The molecule has 0 aliphatic heterocycles. The Balaban J connectivity index is 2.29. The number of rotatable bonds is 2. The second-order valence-corrected chi connectivity index (χ2v) is 3.97. The van der Waals surface area contributed by atoms with Crippen LogP contribution in [0.5, 0.6) is 0 Å². The number of hydrogen-bond donors (Lipinski definition) is 1. The minimum atomic E-state index is -4.54. The van der Waals surface area contributed by atoms with Crippen molar-refractivity contribution in [2.45, 2.75) is 30.5 Å². The van der Waals surface area contributed by atoms with Crippen molar-refractivity contribution in [3.8, 4) is 0 Å². The first-order valence-electron chi connectivity index (χ1n) is 4.77. The fourth-order valence-electron chi connectivity index (χ4n) is 1.94. The quantitative estimate of drug-likeness (QED) is 0.805. The molecule has 1 atom stereocenters. The summed E-state index contributed by atoms with van der Waals surface area (Å²) in [5.41, 5.74) is -0.505. The summed E-state index contributed by atoms with van der Waals surface area (Å²) in [5, 5.41) is 9.30. The van der Waals surface area contributed by atoms with Crippen molar-refractivity contribution >= 4 is 0 Å². The normalized spacial score (nSPS) is 21.1. The maximum absolute atomic E-state index is 12.4. The van der Waals surface area contributed by atoms with Gasteiger partial charge in [0.25, 0.3) is 0 Å². The zero-order chi connectivity index (χ0) is 11.1. The highest BCUT2D eigenvalue weighted by Crippen LogP contribution is 2.54. The smallest absolute Gasteiger partial charge is 0.383 e. The summed E-state index contributed by atoms with van der Waals surface area (Å²) in [5.74, 6) is 0. The first kappa shape index (κ1) is 10.5. The predicted molar refractivity (Wildman–Crippen MR) is 49.4 cm³/mol. The van der Waals surface area contributed by atoms with E-state index in [9.17, 15) is 18.3 Å². The van der Waals surface area contributed by atoms with E-state index in [1.165, 1.54) is 0 Å². The van der Waals surface area contributed by atoms with Crippen LogP contribution in [0.3, 0.4) is 0 Å². The van der Waals surface area contributed by atoms with Gasteiger partial charge in [-0.15, -0.1) is 0 Å². The van der Waals surface area contributed by atoms with E-state index in [1.807, 2.05) is 0 Å². The van der Waals surface area contributed by atoms with Crippen LogP contribution < -0.4 is 0 Å². The van der Waals surface area contributed by atoms with Gasteiger partial charge in [0.05, 0.1) is 0 Å². The van der Waals surface area contributed by atoms with Gasteiger partial charge in [-0.3, -0.25) is 0 Å². The molecule has 0 bridgehead atoms. The summed E-state index contributed by atoms with van der Waals surface area (Å²) in [6, 6.07) is 8.42. The van der Waals surface area contributed by atoms with Crippen molar-refractivity contribution in [2.75, 3.05) is 0 Å². The van der Waals surface area contributed by atoms with Crippen LogP contribution in [-0.4, -0.2) is 17.4 Å². The molecular formula is C11H11F3O. The summed E-state index contributed by atoms with van der Waals surface area (Å²) in [4.78, 5) is 0. The average molecular weight is 216 g/mol. The summed E-state index contributed by atoms with van der Waals surface area (Å²) in [6.07, 6.45) is -5.98. The van der Waals surface area contributed by atoms with Gasteiger partial charge in [0.2, 0.25) is 0 Å². The average Bonchev–Trinajstić information content (AvgIpc) is 2.97. The summed E-state index contributed by atoms with van der Waals surface area (Å²) in [6.45, 7) is 0. The van der Waals surface area contributed by atoms with Crippen LogP contribution in [0.15, 0.2) is 30.3 Å². The van der Waals surface area contributed by atoms with Gasteiger partial charge in [-0.2, -0.15) is 13.2 Å². The lowest BCUT2D eigenvalue weighted by molar-refractivity contribution is -0.214. The standard InChI is InChI=1S/C11H11F3O/c12-11(13,14)9(15)10(6-7-10)8-4-2-1-3-5-8/h1-5,9,15H,6-7H2/t9-/m1/s1. The molecule has 0 aromatic heterocycles. The van der Waals surface area contributed by atoms with Gasteiger partial charge in [-0.05, 0) is 18.4 Å². The molecule has 1 fully saturated rings. The Morgan fingerprint density at radius 1 is 1.13 bits per heavy atom. The molecule has 15 heavy (non-hydrogen) atoms. The number of aliphatic hydroxyl groups is 1. The van der Waals surface area contributed by atoms with E-state index < -0.39 is 17.7 Å². The highest BCUT2D eigenvalue weighted by Gasteiger charge is 2.60. The lowest BCUT2D eigenvalue weighted by atomic mass is 9.89. The molecule has 0 unspecified atom stereocenters. The summed E-state index contributed by atoms with van der Waals surface area (Å²) in [7, 11) is 0. The molecule has 1 aliphatic carbocycles. The van der Waals surface area contributed by atoms with Gasteiger partial charge in [0.15, 0.2) is 6.10 Å². The van der Waals surface area contributed by atoms with Crippen molar-refractivity contribution in [3.05, 3.63) is 35.9 Å². The van der Waals surface area contributed by atoms with E-state index >= 15 is 0 Å². The highest BCUT2D eigenvalue weighted by molar-refractivity contribution is 5.33. The van der Waals surface area contributed by atoms with Gasteiger partial charge < -0.3 is 5.11 Å². The van der Waals surface area contributed by atoms with Crippen LogP contribution in [0.1, 0.15) is 18.4 Å². The van der Waals surface area contributed by atoms with Crippen LogP contribution in [0, 0.1) is 0 Å². The molecular weight excluding hydrogens is 205 g/mol. The maximum Gasteiger partial charge on any atom is 0.415 e.